The van der Waals surface area contributed by atoms with Gasteiger partial charge in [-0.05, 0) is 19.8 Å². The second-order valence-corrected chi connectivity index (χ2v) is 4.83. The quantitative estimate of drug-likeness (QED) is 0.503. The lowest BCUT2D eigenvalue weighted by atomic mass is 10.1. The predicted octanol–water partition coefficient (Wildman–Crippen LogP) is 1.53. The van der Waals surface area contributed by atoms with E-state index in [0.29, 0.717) is 19.1 Å². The fraction of sp³-hybridized carbons (Fsp3) is 0.833. The molecule has 4 N–H and O–H groups in total. The van der Waals surface area contributed by atoms with E-state index in [1.165, 1.54) is 12.8 Å². The molecule has 1 aliphatic carbocycles. The number of hydrogen-bond donors (Lipinski definition) is 3. The average Bonchev–Trinajstić information content (AvgIpc) is 2.77. The van der Waals surface area contributed by atoms with Crippen LogP contribution in [-0.4, -0.2) is 35.9 Å². The van der Waals surface area contributed by atoms with Crippen LogP contribution in [-0.2, 0) is 0 Å². The molecular weight excluding hydrogens is 216 g/mol. The molecule has 1 aliphatic rings. The number of rotatable bonds is 5. The third-order valence-corrected chi connectivity index (χ3v) is 3.38. The summed E-state index contributed by atoms with van der Waals surface area (Å²) in [6, 6.07) is 0.316. The molecule has 0 radical (unpaired) electrons. The number of hydrogen-bond acceptors (Lipinski definition) is 2. The van der Waals surface area contributed by atoms with Gasteiger partial charge in [-0.15, -0.1) is 0 Å². The van der Waals surface area contributed by atoms with Crippen molar-refractivity contribution >= 4 is 11.9 Å². The van der Waals surface area contributed by atoms with Crippen molar-refractivity contribution in [3.05, 3.63) is 0 Å². The lowest BCUT2D eigenvalue weighted by Gasteiger charge is -2.26. The van der Waals surface area contributed by atoms with Gasteiger partial charge in [0.05, 0.1) is 5.84 Å². The van der Waals surface area contributed by atoms with Gasteiger partial charge in [-0.1, -0.05) is 19.8 Å². The monoisotopic (exact) mass is 240 g/mol. The molecule has 1 fully saturated rings. The van der Waals surface area contributed by atoms with E-state index in [1.807, 2.05) is 13.8 Å². The summed E-state index contributed by atoms with van der Waals surface area (Å²) in [7, 11) is 0. The van der Waals surface area contributed by atoms with E-state index in [9.17, 15) is 4.79 Å². The van der Waals surface area contributed by atoms with Crippen LogP contribution in [0.3, 0.4) is 0 Å². The summed E-state index contributed by atoms with van der Waals surface area (Å²) in [6.45, 7) is 4.98. The number of nitrogens with one attached hydrogen (secondary N) is 2. The van der Waals surface area contributed by atoms with Crippen LogP contribution >= 0.6 is 0 Å². The Labute approximate surface area is 103 Å². The van der Waals surface area contributed by atoms with Gasteiger partial charge in [0.15, 0.2) is 0 Å². The number of nitrogens with two attached hydrogens (primary N) is 1. The molecule has 17 heavy (non-hydrogen) atoms. The predicted molar refractivity (Wildman–Crippen MR) is 69.1 cm³/mol. The van der Waals surface area contributed by atoms with Gasteiger partial charge in [0.25, 0.3) is 0 Å². The fourth-order valence-electron chi connectivity index (χ4n) is 2.12. The molecule has 0 spiro atoms. The summed E-state index contributed by atoms with van der Waals surface area (Å²) in [4.78, 5) is 13.7. The van der Waals surface area contributed by atoms with E-state index < -0.39 is 0 Å². The summed E-state index contributed by atoms with van der Waals surface area (Å²) >= 11 is 0. The van der Waals surface area contributed by atoms with E-state index in [-0.39, 0.29) is 17.8 Å². The Morgan fingerprint density at radius 3 is 2.59 bits per heavy atom. The first-order valence-corrected chi connectivity index (χ1v) is 6.44. The number of carbonyl (C=O) groups excluding carboxylic acids is 1. The maximum absolute atomic E-state index is 12.0. The second-order valence-electron chi connectivity index (χ2n) is 4.83. The topological polar surface area (TPSA) is 82.2 Å². The summed E-state index contributed by atoms with van der Waals surface area (Å²) in [5.41, 5.74) is 5.43. The lowest BCUT2D eigenvalue weighted by molar-refractivity contribution is 0.193. The Hall–Kier alpha value is -1.26. The molecule has 0 heterocycles. The number of urea groups is 1. The van der Waals surface area contributed by atoms with Crippen LogP contribution in [0.25, 0.3) is 0 Å². The first kappa shape index (κ1) is 13.8. The standard InChI is InChI=1S/C12H24N4O/c1-3-16(8-9(2)11(13)14)12(17)15-10-6-4-5-7-10/h9-10H,3-8H2,1-2H3,(H3,13,14)(H,15,17). The minimum Gasteiger partial charge on any atom is -0.387 e. The van der Waals surface area contributed by atoms with Crippen molar-refractivity contribution < 1.29 is 4.79 Å². The van der Waals surface area contributed by atoms with Gasteiger partial charge in [0.1, 0.15) is 0 Å². The molecule has 0 saturated heterocycles. The highest BCUT2D eigenvalue weighted by molar-refractivity contribution is 5.80. The summed E-state index contributed by atoms with van der Waals surface area (Å²) < 4.78 is 0. The van der Waals surface area contributed by atoms with Gasteiger partial charge in [-0.25, -0.2) is 4.79 Å². The van der Waals surface area contributed by atoms with Gasteiger partial charge < -0.3 is 16.0 Å². The number of carbonyl (C=O) groups is 1. The molecule has 5 nitrogen and oxygen atoms in total. The molecule has 2 amide bonds. The van der Waals surface area contributed by atoms with Gasteiger partial charge in [0.2, 0.25) is 0 Å². The van der Waals surface area contributed by atoms with Gasteiger partial charge in [-0.3, -0.25) is 5.41 Å². The van der Waals surface area contributed by atoms with Crippen molar-refractivity contribution in [3.8, 4) is 0 Å². The van der Waals surface area contributed by atoms with Crippen LogP contribution in [0, 0.1) is 11.3 Å². The maximum atomic E-state index is 12.0. The molecule has 0 aromatic rings. The van der Waals surface area contributed by atoms with Gasteiger partial charge in [0, 0.05) is 25.0 Å². The van der Waals surface area contributed by atoms with Crippen molar-refractivity contribution in [2.45, 2.75) is 45.6 Å². The Morgan fingerprint density at radius 1 is 1.53 bits per heavy atom. The van der Waals surface area contributed by atoms with Gasteiger partial charge >= 0.3 is 6.03 Å². The molecule has 1 unspecified atom stereocenters. The molecule has 0 aromatic carbocycles. The number of nitrogens with zero attached hydrogens (tertiary/aromatic N) is 1. The lowest BCUT2D eigenvalue weighted by Crippen LogP contribution is -2.46. The Morgan fingerprint density at radius 2 is 2.12 bits per heavy atom. The third kappa shape index (κ3) is 4.24. The minimum absolute atomic E-state index is 0.0208. The summed E-state index contributed by atoms with van der Waals surface area (Å²) in [6.07, 6.45) is 4.60. The molecule has 1 atom stereocenters. The third-order valence-electron chi connectivity index (χ3n) is 3.38. The van der Waals surface area contributed by atoms with E-state index in [4.69, 9.17) is 11.1 Å². The van der Waals surface area contributed by atoms with Crippen molar-refractivity contribution in [2.75, 3.05) is 13.1 Å². The smallest absolute Gasteiger partial charge is 0.317 e. The summed E-state index contributed by atoms with van der Waals surface area (Å²) in [5, 5.41) is 10.4. The van der Waals surface area contributed by atoms with E-state index >= 15 is 0 Å². The van der Waals surface area contributed by atoms with Crippen LogP contribution in [0.2, 0.25) is 0 Å². The largest absolute Gasteiger partial charge is 0.387 e. The maximum Gasteiger partial charge on any atom is 0.317 e. The highest BCUT2D eigenvalue weighted by Gasteiger charge is 2.21. The molecule has 5 heteroatoms. The average molecular weight is 240 g/mol. The molecule has 98 valence electrons. The fourth-order valence-corrected chi connectivity index (χ4v) is 2.12. The second kappa shape index (κ2) is 6.47. The highest BCUT2D eigenvalue weighted by atomic mass is 16.2. The minimum atomic E-state index is -0.0794. The van der Waals surface area contributed by atoms with Crippen molar-refractivity contribution in [1.82, 2.24) is 10.2 Å². The van der Waals surface area contributed by atoms with Crippen molar-refractivity contribution in [2.24, 2.45) is 11.7 Å². The van der Waals surface area contributed by atoms with Crippen LogP contribution in [0.1, 0.15) is 39.5 Å². The Kier molecular flexibility index (Phi) is 5.25. The zero-order valence-electron chi connectivity index (χ0n) is 10.8. The number of amides is 2. The Bertz CT molecular complexity index is 274. The zero-order valence-corrected chi connectivity index (χ0v) is 10.8. The molecule has 1 rings (SSSR count). The molecule has 0 bridgehead atoms. The van der Waals surface area contributed by atoms with Crippen LogP contribution in [0.5, 0.6) is 0 Å². The summed E-state index contributed by atoms with van der Waals surface area (Å²) in [5.74, 6) is 0.0568. The van der Waals surface area contributed by atoms with Crippen molar-refractivity contribution in [1.29, 1.82) is 5.41 Å². The first-order chi connectivity index (χ1) is 8.04. The first-order valence-electron chi connectivity index (χ1n) is 6.44. The molecule has 0 aliphatic heterocycles. The van der Waals surface area contributed by atoms with Crippen LogP contribution in [0.15, 0.2) is 0 Å². The van der Waals surface area contributed by atoms with E-state index in [1.54, 1.807) is 4.90 Å². The Balaban J connectivity index is 2.42. The van der Waals surface area contributed by atoms with E-state index in [0.717, 1.165) is 12.8 Å². The zero-order chi connectivity index (χ0) is 12.8. The van der Waals surface area contributed by atoms with Crippen LogP contribution in [0.4, 0.5) is 4.79 Å². The number of amidine groups is 1. The SMILES string of the molecule is CCN(CC(C)C(=N)N)C(=O)NC1CCCC1. The molecular formula is C12H24N4O. The van der Waals surface area contributed by atoms with E-state index in [2.05, 4.69) is 5.32 Å². The van der Waals surface area contributed by atoms with Crippen molar-refractivity contribution in [3.63, 3.8) is 0 Å². The van der Waals surface area contributed by atoms with Crippen LogP contribution < -0.4 is 11.1 Å². The normalized spacial score (nSPS) is 17.8. The highest BCUT2D eigenvalue weighted by Crippen LogP contribution is 2.17. The molecule has 1 saturated carbocycles. The van der Waals surface area contributed by atoms with Gasteiger partial charge in [-0.2, -0.15) is 0 Å². The molecule has 0 aromatic heterocycles.